The van der Waals surface area contributed by atoms with Crippen molar-refractivity contribution >= 4 is 9.76 Å². The van der Waals surface area contributed by atoms with Crippen LogP contribution in [0.3, 0.4) is 0 Å². The second-order valence-corrected chi connectivity index (χ2v) is 17.0. The van der Waals surface area contributed by atoms with Gasteiger partial charge < -0.3 is 9.16 Å². The molecule has 0 N–H and O–H groups in total. The van der Waals surface area contributed by atoms with Crippen molar-refractivity contribution in [3.8, 4) is 0 Å². The Morgan fingerprint density at radius 3 is 2.21 bits per heavy atom. The number of ether oxygens (including phenoxy) is 1. The molecule has 2 nitrogen and oxygen atoms in total. The molecular formula is C31H54O2Si. The smallest absolute Gasteiger partial charge is 0.158 e. The lowest BCUT2D eigenvalue weighted by Crippen LogP contribution is -2.67. The van der Waals surface area contributed by atoms with Crippen LogP contribution < -0.4 is 0 Å². The third-order valence-electron chi connectivity index (χ3n) is 14.4. The summed E-state index contributed by atoms with van der Waals surface area (Å²) in [4.78, 5) is 0. The molecule has 34 heavy (non-hydrogen) atoms. The molecule has 0 aromatic carbocycles. The van der Waals surface area contributed by atoms with Crippen molar-refractivity contribution < 1.29 is 9.16 Å². The van der Waals surface area contributed by atoms with Gasteiger partial charge in [0.25, 0.3) is 0 Å². The van der Waals surface area contributed by atoms with Gasteiger partial charge in [-0.05, 0) is 120 Å². The van der Waals surface area contributed by atoms with Gasteiger partial charge in [-0.15, -0.1) is 0 Å². The highest BCUT2D eigenvalue weighted by Gasteiger charge is 2.72. The van der Waals surface area contributed by atoms with Gasteiger partial charge in [-0.2, -0.15) is 0 Å². The average Bonchev–Trinajstić information content (AvgIpc) is 3.10. The van der Waals surface area contributed by atoms with Crippen LogP contribution in [0.4, 0.5) is 0 Å². The molecule has 194 valence electrons. The fraction of sp³-hybridized carbons (Fsp3) is 1.00. The third kappa shape index (κ3) is 2.82. The molecule has 6 aliphatic rings. The molecule has 1 heterocycles. The normalized spacial score (nSPS) is 57.5. The van der Waals surface area contributed by atoms with Crippen molar-refractivity contribution in [2.45, 2.75) is 131 Å². The van der Waals surface area contributed by atoms with Crippen LogP contribution in [0.1, 0.15) is 113 Å². The standard InChI is InChI=1S/C31H54O2Si/c1-26(2)15-17-31-18-16-29(6)20(24(31)25(26)32-19-31)9-10-22-28(5)13-12-23(33-34-8)27(3,4)21(28)11-14-30(22,29)7/h20-25H,9-19,34H2,1-8H3/t20?,21?,22?,23?,24?,25?,28-,29+,30+,31?/m0/s1. The maximum Gasteiger partial charge on any atom is 0.158 e. The summed E-state index contributed by atoms with van der Waals surface area (Å²) in [6.45, 7) is 21.9. The maximum atomic E-state index is 6.75. The van der Waals surface area contributed by atoms with Crippen molar-refractivity contribution in [3.05, 3.63) is 0 Å². The second kappa shape index (κ2) is 7.37. The summed E-state index contributed by atoms with van der Waals surface area (Å²) in [7, 11) is -0.349. The van der Waals surface area contributed by atoms with Gasteiger partial charge in [0, 0.05) is 6.10 Å². The van der Waals surface area contributed by atoms with Crippen molar-refractivity contribution in [2.24, 2.45) is 56.2 Å². The monoisotopic (exact) mass is 486 g/mol. The van der Waals surface area contributed by atoms with E-state index in [1.54, 1.807) is 0 Å². The number of hydrogen-bond donors (Lipinski definition) is 0. The number of fused-ring (bicyclic) bond motifs is 5. The molecule has 5 aliphatic carbocycles. The van der Waals surface area contributed by atoms with E-state index in [1.165, 1.54) is 64.2 Å². The Balaban J connectivity index is 1.36. The summed E-state index contributed by atoms with van der Waals surface area (Å²) < 4.78 is 13.2. The van der Waals surface area contributed by atoms with Gasteiger partial charge in [0.15, 0.2) is 9.76 Å². The van der Waals surface area contributed by atoms with E-state index >= 15 is 0 Å². The van der Waals surface area contributed by atoms with Crippen LogP contribution in [0.15, 0.2) is 0 Å². The van der Waals surface area contributed by atoms with Crippen molar-refractivity contribution in [1.29, 1.82) is 0 Å². The Kier molecular flexibility index (Phi) is 5.31. The Morgan fingerprint density at radius 1 is 0.735 bits per heavy atom. The van der Waals surface area contributed by atoms with Gasteiger partial charge in [0.05, 0.1) is 12.7 Å². The summed E-state index contributed by atoms with van der Waals surface area (Å²) in [6.07, 6.45) is 15.2. The minimum absolute atomic E-state index is 0.325. The highest BCUT2D eigenvalue weighted by molar-refractivity contribution is 6.24. The van der Waals surface area contributed by atoms with Gasteiger partial charge in [-0.1, -0.05) is 55.0 Å². The summed E-state index contributed by atoms with van der Waals surface area (Å²) in [5.41, 5.74) is 2.63. The highest BCUT2D eigenvalue weighted by atomic mass is 28.2. The predicted molar refractivity (Wildman–Crippen MR) is 143 cm³/mol. The van der Waals surface area contributed by atoms with E-state index in [1.807, 2.05) is 0 Å². The SMILES string of the molecule is C[SiH2]OC1CC[C@@]2(C)C(CC[C@]3(C)C2CCC2C4C5OCC4(CCC5(C)C)CC[C@]23C)C1(C)C. The first kappa shape index (κ1) is 24.5. The minimum atomic E-state index is -0.349. The zero-order valence-corrected chi connectivity index (χ0v) is 25.2. The molecule has 0 amide bonds. The van der Waals surface area contributed by atoms with E-state index in [-0.39, 0.29) is 9.76 Å². The van der Waals surface area contributed by atoms with Crippen molar-refractivity contribution in [2.75, 3.05) is 6.61 Å². The summed E-state index contributed by atoms with van der Waals surface area (Å²) in [5, 5.41) is 0. The average molecular weight is 487 g/mol. The Morgan fingerprint density at radius 2 is 1.47 bits per heavy atom. The molecule has 10 atom stereocenters. The first-order valence-electron chi connectivity index (χ1n) is 15.1. The van der Waals surface area contributed by atoms with E-state index in [4.69, 9.17) is 9.16 Å². The van der Waals surface area contributed by atoms with Crippen molar-refractivity contribution in [1.82, 2.24) is 0 Å². The van der Waals surface area contributed by atoms with E-state index in [0.29, 0.717) is 44.7 Å². The molecular weight excluding hydrogens is 432 g/mol. The molecule has 3 heteroatoms. The third-order valence-corrected chi connectivity index (χ3v) is 15.2. The van der Waals surface area contributed by atoms with Crippen LogP contribution in [-0.2, 0) is 9.16 Å². The first-order valence-corrected chi connectivity index (χ1v) is 17.1. The molecule has 0 radical (unpaired) electrons. The summed E-state index contributed by atoms with van der Waals surface area (Å²) >= 11 is 0. The van der Waals surface area contributed by atoms with Crippen LogP contribution >= 0.6 is 0 Å². The lowest BCUT2D eigenvalue weighted by Gasteiger charge is -2.73. The number of rotatable bonds is 2. The highest BCUT2D eigenvalue weighted by Crippen LogP contribution is 2.78. The second-order valence-electron chi connectivity index (χ2n) is 16.1. The van der Waals surface area contributed by atoms with Gasteiger partial charge in [-0.3, -0.25) is 0 Å². The molecule has 0 aromatic rings. The first-order chi connectivity index (χ1) is 15.9. The molecule has 0 aromatic heterocycles. The van der Waals surface area contributed by atoms with E-state index < -0.39 is 0 Å². The van der Waals surface area contributed by atoms with Gasteiger partial charge in [0.1, 0.15) is 0 Å². The number of hydrogen-bond acceptors (Lipinski definition) is 2. The van der Waals surface area contributed by atoms with E-state index in [0.717, 1.165) is 30.3 Å². The van der Waals surface area contributed by atoms with Crippen LogP contribution in [0.2, 0.25) is 6.55 Å². The predicted octanol–water partition coefficient (Wildman–Crippen LogP) is 7.39. The Bertz CT molecular complexity index is 837. The topological polar surface area (TPSA) is 18.5 Å². The van der Waals surface area contributed by atoms with E-state index in [2.05, 4.69) is 55.0 Å². The lowest BCUT2D eigenvalue weighted by atomic mass is 9.31. The zero-order chi connectivity index (χ0) is 24.4. The summed E-state index contributed by atoms with van der Waals surface area (Å²) in [6, 6.07) is 0. The van der Waals surface area contributed by atoms with Gasteiger partial charge in [-0.25, -0.2) is 0 Å². The van der Waals surface area contributed by atoms with Crippen LogP contribution in [-0.4, -0.2) is 28.6 Å². The van der Waals surface area contributed by atoms with Gasteiger partial charge >= 0.3 is 0 Å². The fourth-order valence-corrected chi connectivity index (χ4v) is 13.4. The van der Waals surface area contributed by atoms with Gasteiger partial charge in [0.2, 0.25) is 0 Å². The fourth-order valence-electron chi connectivity index (χ4n) is 12.4. The van der Waals surface area contributed by atoms with Crippen LogP contribution in [0.25, 0.3) is 0 Å². The maximum absolute atomic E-state index is 6.75. The minimum Gasteiger partial charge on any atom is -0.421 e. The van der Waals surface area contributed by atoms with Crippen molar-refractivity contribution in [3.63, 3.8) is 0 Å². The van der Waals surface area contributed by atoms with Crippen LogP contribution in [0.5, 0.6) is 0 Å². The molecule has 6 rings (SSSR count). The molecule has 5 saturated carbocycles. The molecule has 1 aliphatic heterocycles. The quantitative estimate of drug-likeness (QED) is 0.379. The molecule has 0 spiro atoms. The largest absolute Gasteiger partial charge is 0.421 e. The van der Waals surface area contributed by atoms with E-state index in [9.17, 15) is 0 Å². The Labute approximate surface area is 213 Å². The molecule has 7 unspecified atom stereocenters. The molecule has 2 bridgehead atoms. The lowest BCUT2D eigenvalue weighted by molar-refractivity contribution is -0.250. The summed E-state index contributed by atoms with van der Waals surface area (Å²) in [5.74, 6) is 3.38. The molecule has 1 saturated heterocycles. The molecule has 6 fully saturated rings. The Hall–Kier alpha value is 0.137. The van der Waals surface area contributed by atoms with Crippen LogP contribution in [0, 0.1) is 56.2 Å². The zero-order valence-electron chi connectivity index (χ0n) is 23.8.